The largest absolute Gasteiger partial charge is 0.406 e. The summed E-state index contributed by atoms with van der Waals surface area (Å²) < 4.78 is 37.9. The first kappa shape index (κ1) is 12.2. The molecule has 1 aliphatic carbocycles. The maximum Gasteiger partial charge on any atom is 0.406 e. The van der Waals surface area contributed by atoms with Crippen molar-refractivity contribution in [2.24, 2.45) is 0 Å². The molecule has 0 bridgehead atoms. The molecule has 1 aliphatic heterocycles. The van der Waals surface area contributed by atoms with Crippen LogP contribution < -0.4 is 10.6 Å². The Labute approximate surface area is 94.0 Å². The zero-order valence-electron chi connectivity index (χ0n) is 9.37. The number of rotatable bonds is 3. The van der Waals surface area contributed by atoms with E-state index in [4.69, 9.17) is 0 Å². The molecule has 1 atom stereocenters. The fourth-order valence-corrected chi connectivity index (χ4v) is 2.28. The standard InChI is InChI=1S/C11H19F3N2/c12-11(13,14)10(5-6-10)16-8-9-4-2-1-3-7-15-9/h9,15-16H,1-8H2. The van der Waals surface area contributed by atoms with Crippen molar-refractivity contribution in [2.45, 2.75) is 56.3 Å². The van der Waals surface area contributed by atoms with Crippen molar-refractivity contribution in [3.05, 3.63) is 0 Å². The van der Waals surface area contributed by atoms with E-state index in [2.05, 4.69) is 10.6 Å². The lowest BCUT2D eigenvalue weighted by Crippen LogP contribution is -2.50. The third kappa shape index (κ3) is 2.69. The fourth-order valence-electron chi connectivity index (χ4n) is 2.28. The Morgan fingerprint density at radius 2 is 1.94 bits per heavy atom. The summed E-state index contributed by atoms with van der Waals surface area (Å²) in [5.41, 5.74) is -1.55. The molecule has 0 aromatic rings. The maximum atomic E-state index is 12.6. The van der Waals surface area contributed by atoms with Crippen LogP contribution in [0.2, 0.25) is 0 Å². The lowest BCUT2D eigenvalue weighted by Gasteiger charge is -2.24. The van der Waals surface area contributed by atoms with E-state index in [1.165, 1.54) is 6.42 Å². The minimum atomic E-state index is -4.09. The predicted octanol–water partition coefficient (Wildman–Crippen LogP) is 2.20. The van der Waals surface area contributed by atoms with Gasteiger partial charge in [-0.05, 0) is 32.2 Å². The van der Waals surface area contributed by atoms with Crippen LogP contribution in [0.3, 0.4) is 0 Å². The molecule has 5 heteroatoms. The summed E-state index contributed by atoms with van der Waals surface area (Å²) in [6.45, 7) is 1.38. The lowest BCUT2D eigenvalue weighted by atomic mass is 10.1. The second-order valence-electron chi connectivity index (χ2n) is 4.96. The summed E-state index contributed by atoms with van der Waals surface area (Å²) in [4.78, 5) is 0. The van der Waals surface area contributed by atoms with E-state index >= 15 is 0 Å². The highest BCUT2D eigenvalue weighted by molar-refractivity contribution is 5.08. The van der Waals surface area contributed by atoms with Crippen LogP contribution in [-0.4, -0.2) is 30.8 Å². The van der Waals surface area contributed by atoms with Gasteiger partial charge in [0.2, 0.25) is 0 Å². The average Bonchev–Trinajstić information content (AvgIpc) is 3.00. The van der Waals surface area contributed by atoms with Crippen LogP contribution in [-0.2, 0) is 0 Å². The first-order chi connectivity index (χ1) is 7.54. The van der Waals surface area contributed by atoms with Gasteiger partial charge in [-0.15, -0.1) is 0 Å². The van der Waals surface area contributed by atoms with E-state index in [0.717, 1.165) is 25.8 Å². The second-order valence-corrected chi connectivity index (χ2v) is 4.96. The Morgan fingerprint density at radius 3 is 2.56 bits per heavy atom. The molecule has 2 fully saturated rings. The molecular weight excluding hydrogens is 217 g/mol. The van der Waals surface area contributed by atoms with E-state index < -0.39 is 11.7 Å². The molecule has 1 heterocycles. The smallest absolute Gasteiger partial charge is 0.313 e. The molecule has 2 rings (SSSR count). The molecule has 0 radical (unpaired) electrons. The normalized spacial score (nSPS) is 29.8. The molecule has 0 aromatic carbocycles. The van der Waals surface area contributed by atoms with Gasteiger partial charge in [-0.25, -0.2) is 0 Å². The van der Waals surface area contributed by atoms with Crippen molar-refractivity contribution in [3.8, 4) is 0 Å². The highest BCUT2D eigenvalue weighted by atomic mass is 19.4. The van der Waals surface area contributed by atoms with Gasteiger partial charge in [-0.2, -0.15) is 13.2 Å². The van der Waals surface area contributed by atoms with Crippen LogP contribution in [0.25, 0.3) is 0 Å². The Balaban J connectivity index is 1.78. The Bertz CT molecular complexity index is 228. The quantitative estimate of drug-likeness (QED) is 0.785. The molecule has 2 nitrogen and oxygen atoms in total. The van der Waals surface area contributed by atoms with Gasteiger partial charge in [-0.3, -0.25) is 0 Å². The lowest BCUT2D eigenvalue weighted by molar-refractivity contribution is -0.166. The van der Waals surface area contributed by atoms with Crippen molar-refractivity contribution in [2.75, 3.05) is 13.1 Å². The number of halogens is 3. The van der Waals surface area contributed by atoms with Crippen molar-refractivity contribution in [1.82, 2.24) is 10.6 Å². The topological polar surface area (TPSA) is 24.1 Å². The molecule has 0 spiro atoms. The molecular formula is C11H19F3N2. The van der Waals surface area contributed by atoms with Gasteiger partial charge < -0.3 is 10.6 Å². The van der Waals surface area contributed by atoms with E-state index in [1.807, 2.05) is 0 Å². The van der Waals surface area contributed by atoms with E-state index in [1.54, 1.807) is 0 Å². The van der Waals surface area contributed by atoms with E-state index in [0.29, 0.717) is 6.54 Å². The fraction of sp³-hybridized carbons (Fsp3) is 1.00. The Kier molecular flexibility index (Phi) is 3.45. The highest BCUT2D eigenvalue weighted by Gasteiger charge is 2.63. The van der Waals surface area contributed by atoms with Crippen LogP contribution in [0, 0.1) is 0 Å². The summed E-state index contributed by atoms with van der Waals surface area (Å²) in [5.74, 6) is 0. The Hall–Kier alpha value is -0.290. The van der Waals surface area contributed by atoms with Crippen LogP contribution >= 0.6 is 0 Å². The van der Waals surface area contributed by atoms with Crippen molar-refractivity contribution < 1.29 is 13.2 Å². The number of hydrogen-bond acceptors (Lipinski definition) is 2. The number of nitrogens with one attached hydrogen (secondary N) is 2. The summed E-state index contributed by atoms with van der Waals surface area (Å²) in [5, 5.41) is 6.02. The van der Waals surface area contributed by atoms with E-state index in [9.17, 15) is 13.2 Å². The third-order valence-corrected chi connectivity index (χ3v) is 3.64. The molecule has 1 unspecified atom stereocenters. The van der Waals surface area contributed by atoms with Gasteiger partial charge in [0.25, 0.3) is 0 Å². The number of hydrogen-bond donors (Lipinski definition) is 2. The average molecular weight is 236 g/mol. The zero-order chi connectivity index (χ0) is 11.6. The van der Waals surface area contributed by atoms with Gasteiger partial charge in [0.15, 0.2) is 0 Å². The summed E-state index contributed by atoms with van der Waals surface area (Å²) in [7, 11) is 0. The van der Waals surface area contributed by atoms with Crippen molar-refractivity contribution in [3.63, 3.8) is 0 Å². The summed E-state index contributed by atoms with van der Waals surface area (Å²) in [6.07, 6.45) is 0.832. The van der Waals surface area contributed by atoms with Gasteiger partial charge in [-0.1, -0.05) is 12.8 Å². The van der Waals surface area contributed by atoms with Crippen LogP contribution in [0.1, 0.15) is 38.5 Å². The van der Waals surface area contributed by atoms with Gasteiger partial charge in [0.05, 0.1) is 0 Å². The first-order valence-electron chi connectivity index (χ1n) is 6.09. The second kappa shape index (κ2) is 4.53. The molecule has 0 amide bonds. The van der Waals surface area contributed by atoms with Crippen LogP contribution in [0.15, 0.2) is 0 Å². The predicted molar refractivity (Wildman–Crippen MR) is 56.3 cm³/mol. The molecule has 2 N–H and O–H groups in total. The maximum absolute atomic E-state index is 12.6. The minimum Gasteiger partial charge on any atom is -0.313 e. The molecule has 2 aliphatic rings. The summed E-state index contributed by atoms with van der Waals surface area (Å²) in [6, 6.07) is 0.210. The third-order valence-electron chi connectivity index (χ3n) is 3.64. The first-order valence-corrected chi connectivity index (χ1v) is 6.09. The zero-order valence-corrected chi connectivity index (χ0v) is 9.37. The van der Waals surface area contributed by atoms with Crippen molar-refractivity contribution in [1.29, 1.82) is 0 Å². The SMILES string of the molecule is FC(F)(F)C1(NCC2CCCCCN2)CC1. The monoisotopic (exact) mass is 236 g/mol. The molecule has 16 heavy (non-hydrogen) atoms. The highest BCUT2D eigenvalue weighted by Crippen LogP contribution is 2.48. The van der Waals surface area contributed by atoms with Crippen LogP contribution in [0.4, 0.5) is 13.2 Å². The summed E-state index contributed by atoms with van der Waals surface area (Å²) >= 11 is 0. The molecule has 1 saturated heterocycles. The van der Waals surface area contributed by atoms with Crippen molar-refractivity contribution >= 4 is 0 Å². The minimum absolute atomic E-state index is 0.210. The molecule has 1 saturated carbocycles. The van der Waals surface area contributed by atoms with Gasteiger partial charge in [0, 0.05) is 12.6 Å². The van der Waals surface area contributed by atoms with E-state index in [-0.39, 0.29) is 18.9 Å². The van der Waals surface area contributed by atoms with Crippen LogP contribution in [0.5, 0.6) is 0 Å². The molecule has 94 valence electrons. The molecule has 0 aromatic heterocycles. The van der Waals surface area contributed by atoms with Gasteiger partial charge >= 0.3 is 6.18 Å². The van der Waals surface area contributed by atoms with Gasteiger partial charge in [0.1, 0.15) is 5.54 Å². The Morgan fingerprint density at radius 1 is 1.19 bits per heavy atom. The number of alkyl halides is 3.